The topological polar surface area (TPSA) is 58.6 Å². The molecule has 0 unspecified atom stereocenters. The standard InChI is InChI=1S/C22H34N2O3/c1-17(2)15-22(26)24-12-10-19(11-13-24)23-21(25)9-4-5-14-27-20-8-6-7-18(3)16-20/h6-8,16-17,19H,4-5,9-15H2,1-3H3,(H,23,25). The minimum absolute atomic E-state index is 0.109. The number of hydrogen-bond acceptors (Lipinski definition) is 3. The lowest BCUT2D eigenvalue weighted by atomic mass is 10.0. The highest BCUT2D eigenvalue weighted by Gasteiger charge is 2.23. The van der Waals surface area contributed by atoms with Crippen LogP contribution in [0.2, 0.25) is 0 Å². The molecule has 1 aliphatic rings. The summed E-state index contributed by atoms with van der Waals surface area (Å²) in [4.78, 5) is 26.1. The van der Waals surface area contributed by atoms with E-state index >= 15 is 0 Å². The summed E-state index contributed by atoms with van der Waals surface area (Å²) in [5.74, 6) is 1.63. The fraction of sp³-hybridized carbons (Fsp3) is 0.636. The second-order valence-corrected chi connectivity index (χ2v) is 7.94. The van der Waals surface area contributed by atoms with Crippen LogP contribution >= 0.6 is 0 Å². The van der Waals surface area contributed by atoms with E-state index in [-0.39, 0.29) is 17.9 Å². The number of nitrogens with zero attached hydrogens (tertiary/aromatic N) is 1. The van der Waals surface area contributed by atoms with E-state index in [0.717, 1.165) is 44.5 Å². The summed E-state index contributed by atoms with van der Waals surface area (Å²) in [5, 5.41) is 3.12. The summed E-state index contributed by atoms with van der Waals surface area (Å²) in [6.07, 6.45) is 4.54. The fourth-order valence-electron chi connectivity index (χ4n) is 3.33. The highest BCUT2D eigenvalue weighted by atomic mass is 16.5. The van der Waals surface area contributed by atoms with Crippen LogP contribution in [0.4, 0.5) is 0 Å². The highest BCUT2D eigenvalue weighted by molar-refractivity contribution is 5.77. The summed E-state index contributed by atoms with van der Waals surface area (Å²) in [5.41, 5.74) is 1.18. The van der Waals surface area contributed by atoms with Crippen molar-refractivity contribution in [2.24, 2.45) is 5.92 Å². The van der Waals surface area contributed by atoms with Crippen LogP contribution in [0.15, 0.2) is 24.3 Å². The third-order valence-electron chi connectivity index (χ3n) is 4.85. The summed E-state index contributed by atoms with van der Waals surface area (Å²) in [6.45, 7) is 8.31. The molecule has 0 spiro atoms. The number of hydrogen-bond donors (Lipinski definition) is 1. The van der Waals surface area contributed by atoms with Gasteiger partial charge in [-0.05, 0) is 56.2 Å². The lowest BCUT2D eigenvalue weighted by Gasteiger charge is -2.32. The molecule has 5 nitrogen and oxygen atoms in total. The van der Waals surface area contributed by atoms with Crippen LogP contribution in [0.1, 0.15) is 57.9 Å². The van der Waals surface area contributed by atoms with Crippen LogP contribution in [0, 0.1) is 12.8 Å². The van der Waals surface area contributed by atoms with Crippen LogP contribution in [0.3, 0.4) is 0 Å². The minimum Gasteiger partial charge on any atom is -0.494 e. The van der Waals surface area contributed by atoms with Gasteiger partial charge in [0.15, 0.2) is 0 Å². The number of rotatable bonds is 9. The van der Waals surface area contributed by atoms with Gasteiger partial charge in [-0.15, -0.1) is 0 Å². The Morgan fingerprint density at radius 2 is 1.96 bits per heavy atom. The minimum atomic E-state index is 0.109. The molecule has 1 N–H and O–H groups in total. The van der Waals surface area contributed by atoms with Crippen LogP contribution in [0.25, 0.3) is 0 Å². The van der Waals surface area contributed by atoms with Gasteiger partial charge in [-0.25, -0.2) is 0 Å². The lowest BCUT2D eigenvalue weighted by Crippen LogP contribution is -2.46. The molecule has 0 atom stereocenters. The fourth-order valence-corrected chi connectivity index (χ4v) is 3.33. The smallest absolute Gasteiger partial charge is 0.222 e. The van der Waals surface area contributed by atoms with Crippen molar-refractivity contribution in [1.29, 1.82) is 0 Å². The van der Waals surface area contributed by atoms with Crippen molar-refractivity contribution in [3.63, 3.8) is 0 Å². The first-order valence-corrected chi connectivity index (χ1v) is 10.2. The van der Waals surface area contributed by atoms with Crippen LogP contribution < -0.4 is 10.1 Å². The predicted octanol–water partition coefficient (Wildman–Crippen LogP) is 3.70. The Labute approximate surface area is 163 Å². The maximum absolute atomic E-state index is 12.1. The molecule has 0 radical (unpaired) electrons. The van der Waals surface area contributed by atoms with Gasteiger partial charge in [0.2, 0.25) is 11.8 Å². The van der Waals surface area contributed by atoms with Crippen molar-refractivity contribution in [2.45, 2.75) is 65.3 Å². The molecule has 1 heterocycles. The van der Waals surface area contributed by atoms with Gasteiger partial charge in [0, 0.05) is 32.0 Å². The van der Waals surface area contributed by atoms with E-state index in [2.05, 4.69) is 19.2 Å². The van der Waals surface area contributed by atoms with Crippen LogP contribution in [-0.2, 0) is 9.59 Å². The van der Waals surface area contributed by atoms with Gasteiger partial charge >= 0.3 is 0 Å². The molecular formula is C22H34N2O3. The number of carbonyl (C=O) groups is 2. The molecule has 0 bridgehead atoms. The van der Waals surface area contributed by atoms with Crippen molar-refractivity contribution < 1.29 is 14.3 Å². The zero-order valence-corrected chi connectivity index (χ0v) is 17.0. The normalized spacial score (nSPS) is 15.0. The largest absolute Gasteiger partial charge is 0.494 e. The molecular weight excluding hydrogens is 340 g/mol. The Morgan fingerprint density at radius 3 is 2.63 bits per heavy atom. The molecule has 5 heteroatoms. The van der Waals surface area contributed by atoms with Gasteiger partial charge in [-0.1, -0.05) is 26.0 Å². The monoisotopic (exact) mass is 374 g/mol. The summed E-state index contributed by atoms with van der Waals surface area (Å²) in [7, 11) is 0. The number of nitrogens with one attached hydrogen (secondary N) is 1. The molecule has 2 amide bonds. The molecule has 0 aromatic heterocycles. The zero-order chi connectivity index (χ0) is 19.6. The van der Waals surface area contributed by atoms with Crippen molar-refractivity contribution in [3.8, 4) is 5.75 Å². The molecule has 1 aromatic rings. The van der Waals surface area contributed by atoms with Crippen molar-refractivity contribution in [2.75, 3.05) is 19.7 Å². The van der Waals surface area contributed by atoms with E-state index in [9.17, 15) is 9.59 Å². The number of amides is 2. The van der Waals surface area contributed by atoms with Crippen LogP contribution in [-0.4, -0.2) is 42.5 Å². The molecule has 1 fully saturated rings. The summed E-state index contributed by atoms with van der Waals surface area (Å²) in [6, 6.07) is 8.20. The Bertz CT molecular complexity index is 607. The van der Waals surface area contributed by atoms with Crippen LogP contribution in [0.5, 0.6) is 5.75 Å². The van der Waals surface area contributed by atoms with E-state index in [0.29, 0.717) is 25.4 Å². The number of piperidine rings is 1. The van der Waals surface area contributed by atoms with Gasteiger partial charge in [0.25, 0.3) is 0 Å². The van der Waals surface area contributed by atoms with Crippen molar-refractivity contribution in [3.05, 3.63) is 29.8 Å². The van der Waals surface area contributed by atoms with Gasteiger partial charge < -0.3 is 15.0 Å². The van der Waals surface area contributed by atoms with Crippen molar-refractivity contribution >= 4 is 11.8 Å². The van der Waals surface area contributed by atoms with Gasteiger partial charge in [0.1, 0.15) is 5.75 Å². The molecule has 150 valence electrons. The van der Waals surface area contributed by atoms with E-state index in [1.807, 2.05) is 36.1 Å². The number of carbonyl (C=O) groups excluding carboxylic acids is 2. The maximum atomic E-state index is 12.1. The van der Waals surface area contributed by atoms with Crippen molar-refractivity contribution in [1.82, 2.24) is 10.2 Å². The summed E-state index contributed by atoms with van der Waals surface area (Å²) >= 11 is 0. The van der Waals surface area contributed by atoms with E-state index in [1.54, 1.807) is 0 Å². The quantitative estimate of drug-likeness (QED) is 0.671. The summed E-state index contributed by atoms with van der Waals surface area (Å²) < 4.78 is 5.71. The van der Waals surface area contributed by atoms with Gasteiger partial charge in [-0.2, -0.15) is 0 Å². The Kier molecular flexibility index (Phi) is 8.62. The molecule has 1 aliphatic heterocycles. The number of aryl methyl sites for hydroxylation is 1. The predicted molar refractivity (Wildman–Crippen MR) is 108 cm³/mol. The average Bonchev–Trinajstić information content (AvgIpc) is 2.61. The third kappa shape index (κ3) is 8.02. The number of unbranched alkanes of at least 4 members (excludes halogenated alkanes) is 1. The Morgan fingerprint density at radius 1 is 1.22 bits per heavy atom. The highest BCUT2D eigenvalue weighted by Crippen LogP contribution is 2.15. The number of likely N-dealkylation sites (tertiary alicyclic amines) is 1. The van der Waals surface area contributed by atoms with E-state index < -0.39 is 0 Å². The molecule has 1 aromatic carbocycles. The molecule has 1 saturated heterocycles. The first-order chi connectivity index (χ1) is 12.9. The maximum Gasteiger partial charge on any atom is 0.222 e. The zero-order valence-electron chi connectivity index (χ0n) is 17.0. The first kappa shape index (κ1) is 21.3. The second kappa shape index (κ2) is 11.0. The molecule has 0 aliphatic carbocycles. The first-order valence-electron chi connectivity index (χ1n) is 10.2. The van der Waals surface area contributed by atoms with Gasteiger partial charge in [0.05, 0.1) is 6.61 Å². The molecule has 27 heavy (non-hydrogen) atoms. The number of ether oxygens (including phenoxy) is 1. The Balaban J connectivity index is 1.55. The van der Waals surface area contributed by atoms with E-state index in [1.165, 1.54) is 5.56 Å². The van der Waals surface area contributed by atoms with Gasteiger partial charge in [-0.3, -0.25) is 9.59 Å². The molecule has 0 saturated carbocycles. The molecule has 2 rings (SSSR count). The Hall–Kier alpha value is -2.04. The average molecular weight is 375 g/mol. The third-order valence-corrected chi connectivity index (χ3v) is 4.85. The SMILES string of the molecule is Cc1cccc(OCCCCC(=O)NC2CCN(C(=O)CC(C)C)CC2)c1. The second-order valence-electron chi connectivity index (χ2n) is 7.94. The lowest BCUT2D eigenvalue weighted by molar-refractivity contribution is -0.133. The van der Waals surface area contributed by atoms with E-state index in [4.69, 9.17) is 4.74 Å². The number of benzene rings is 1.